The van der Waals surface area contributed by atoms with Gasteiger partial charge in [-0.2, -0.15) is 0 Å². The number of nitrogens with one attached hydrogen (secondary N) is 2. The molecule has 1 aliphatic heterocycles. The van der Waals surface area contributed by atoms with Crippen molar-refractivity contribution in [3.63, 3.8) is 0 Å². The predicted octanol–water partition coefficient (Wildman–Crippen LogP) is 2.44. The zero-order chi connectivity index (χ0) is 11.3. The van der Waals surface area contributed by atoms with Crippen LogP contribution in [0.4, 0.5) is 0 Å². The van der Waals surface area contributed by atoms with E-state index in [1.54, 1.807) is 12.1 Å². The summed E-state index contributed by atoms with van der Waals surface area (Å²) in [6, 6.07) is 3.50. The highest BCUT2D eigenvalue weighted by Gasteiger charge is 2.18. The molecule has 0 spiro atoms. The summed E-state index contributed by atoms with van der Waals surface area (Å²) in [6.45, 7) is 1.31. The van der Waals surface area contributed by atoms with Crippen LogP contribution in [0.15, 0.2) is 16.9 Å². The Hall–Kier alpha value is -1.03. The molecule has 0 bridgehead atoms. The third-order valence-electron chi connectivity index (χ3n) is 2.88. The average molecular weight is 255 g/mol. The molecule has 3 nitrogen and oxygen atoms in total. The van der Waals surface area contributed by atoms with Crippen molar-refractivity contribution in [3.05, 3.63) is 43.7 Å². The number of rotatable bonds is 0. The third-order valence-corrected chi connectivity index (χ3v) is 3.60. The zero-order valence-corrected chi connectivity index (χ0v) is 9.74. The average Bonchev–Trinajstić information content (AvgIpc) is 2.71. The van der Waals surface area contributed by atoms with Gasteiger partial charge in [0, 0.05) is 24.0 Å². The fourth-order valence-corrected chi connectivity index (χ4v) is 2.43. The highest BCUT2D eigenvalue weighted by molar-refractivity contribution is 6.42. The lowest BCUT2D eigenvalue weighted by molar-refractivity contribution is 0.763. The van der Waals surface area contributed by atoms with Gasteiger partial charge in [0.2, 0.25) is 0 Å². The van der Waals surface area contributed by atoms with Crippen molar-refractivity contribution in [2.24, 2.45) is 0 Å². The molecule has 0 aliphatic carbocycles. The molecule has 2 aromatic rings. The molecule has 5 heteroatoms. The van der Waals surface area contributed by atoms with Gasteiger partial charge in [0.05, 0.1) is 15.6 Å². The number of hydrogen-bond donors (Lipinski definition) is 2. The Morgan fingerprint density at radius 3 is 2.56 bits per heavy atom. The second kappa shape index (κ2) is 3.48. The number of aromatic nitrogens is 1. The van der Waals surface area contributed by atoms with Crippen LogP contribution in [0.25, 0.3) is 10.9 Å². The van der Waals surface area contributed by atoms with Crippen LogP contribution in [0.1, 0.15) is 11.1 Å². The first-order chi connectivity index (χ1) is 7.66. The molecule has 0 unspecified atom stereocenters. The van der Waals surface area contributed by atoms with Crippen LogP contribution < -0.4 is 10.9 Å². The van der Waals surface area contributed by atoms with E-state index >= 15 is 0 Å². The summed E-state index contributed by atoms with van der Waals surface area (Å²) in [4.78, 5) is 14.6. The van der Waals surface area contributed by atoms with Crippen LogP contribution in [-0.2, 0) is 13.1 Å². The number of halogens is 2. The van der Waals surface area contributed by atoms with Crippen LogP contribution in [0.3, 0.4) is 0 Å². The largest absolute Gasteiger partial charge is 0.322 e. The molecule has 1 aliphatic rings. The minimum Gasteiger partial charge on any atom is -0.322 e. The molecule has 0 atom stereocenters. The summed E-state index contributed by atoms with van der Waals surface area (Å²) in [7, 11) is 0. The molecule has 1 aromatic carbocycles. The Kier molecular flexibility index (Phi) is 2.21. The summed E-state index contributed by atoms with van der Waals surface area (Å²) < 4.78 is 0. The molecule has 0 radical (unpaired) electrons. The minimum absolute atomic E-state index is 0.0501. The summed E-state index contributed by atoms with van der Waals surface area (Å²) in [5, 5.41) is 5.09. The van der Waals surface area contributed by atoms with Gasteiger partial charge in [-0.1, -0.05) is 23.2 Å². The quantitative estimate of drug-likeness (QED) is 0.759. The van der Waals surface area contributed by atoms with Crippen molar-refractivity contribution >= 4 is 34.1 Å². The van der Waals surface area contributed by atoms with Gasteiger partial charge < -0.3 is 10.3 Å². The molecule has 16 heavy (non-hydrogen) atoms. The van der Waals surface area contributed by atoms with Crippen molar-refractivity contribution in [3.8, 4) is 0 Å². The Balaban J connectivity index is 2.48. The molecule has 82 valence electrons. The second-order valence-corrected chi connectivity index (χ2v) is 4.64. The van der Waals surface area contributed by atoms with Crippen molar-refractivity contribution in [2.45, 2.75) is 13.1 Å². The minimum atomic E-state index is -0.0501. The maximum atomic E-state index is 11.7. The van der Waals surface area contributed by atoms with Gasteiger partial charge in [-0.25, -0.2) is 0 Å². The first-order valence-corrected chi connectivity index (χ1v) is 5.66. The van der Waals surface area contributed by atoms with Gasteiger partial charge in [0.15, 0.2) is 0 Å². The Bertz CT molecular complexity index is 648. The summed E-state index contributed by atoms with van der Waals surface area (Å²) in [6.07, 6.45) is 0. The van der Waals surface area contributed by atoms with E-state index < -0.39 is 0 Å². The van der Waals surface area contributed by atoms with Gasteiger partial charge in [-0.05, 0) is 17.7 Å². The Morgan fingerprint density at radius 1 is 1.06 bits per heavy atom. The van der Waals surface area contributed by atoms with E-state index in [1.807, 2.05) is 0 Å². The van der Waals surface area contributed by atoms with Crippen LogP contribution >= 0.6 is 23.2 Å². The van der Waals surface area contributed by atoms with Gasteiger partial charge in [0.1, 0.15) is 0 Å². The molecule has 1 aromatic heterocycles. The van der Waals surface area contributed by atoms with Gasteiger partial charge in [-0.15, -0.1) is 0 Å². The summed E-state index contributed by atoms with van der Waals surface area (Å²) in [5.74, 6) is 0. The normalized spacial score (nSPS) is 14.4. The van der Waals surface area contributed by atoms with E-state index in [0.29, 0.717) is 23.1 Å². The van der Waals surface area contributed by atoms with Gasteiger partial charge in [-0.3, -0.25) is 4.79 Å². The Morgan fingerprint density at radius 2 is 1.75 bits per heavy atom. The highest BCUT2D eigenvalue weighted by atomic mass is 35.5. The SMILES string of the molecule is O=c1[nH]c2cc(Cl)c(Cl)cc2c2c1CNC2. The maximum Gasteiger partial charge on any atom is 0.253 e. The van der Waals surface area contributed by atoms with E-state index in [2.05, 4.69) is 10.3 Å². The molecule has 0 saturated carbocycles. The highest BCUT2D eigenvalue weighted by Crippen LogP contribution is 2.30. The molecule has 2 N–H and O–H groups in total. The topological polar surface area (TPSA) is 44.9 Å². The van der Waals surface area contributed by atoms with Crippen molar-refractivity contribution in [2.75, 3.05) is 0 Å². The number of hydrogen-bond acceptors (Lipinski definition) is 2. The second-order valence-electron chi connectivity index (χ2n) is 3.83. The number of aromatic amines is 1. The Labute approximate surface area is 101 Å². The number of H-pyrrole nitrogens is 1. The van der Waals surface area contributed by atoms with E-state index in [1.165, 1.54) is 0 Å². The lowest BCUT2D eigenvalue weighted by atomic mass is 10.1. The number of pyridine rings is 1. The molecular formula is C11H8Cl2N2O. The van der Waals surface area contributed by atoms with E-state index in [-0.39, 0.29) is 5.56 Å². The first kappa shape index (κ1) is 10.1. The number of benzene rings is 1. The molecule has 0 amide bonds. The van der Waals surface area contributed by atoms with Crippen LogP contribution in [-0.4, -0.2) is 4.98 Å². The van der Waals surface area contributed by atoms with Crippen molar-refractivity contribution < 1.29 is 0 Å². The van der Waals surface area contributed by atoms with E-state index in [9.17, 15) is 4.79 Å². The number of fused-ring (bicyclic) bond motifs is 3. The zero-order valence-electron chi connectivity index (χ0n) is 8.23. The lowest BCUT2D eigenvalue weighted by Gasteiger charge is -2.05. The van der Waals surface area contributed by atoms with E-state index in [0.717, 1.165) is 22.0 Å². The van der Waals surface area contributed by atoms with Gasteiger partial charge >= 0.3 is 0 Å². The standard InChI is InChI=1S/C11H8Cl2N2O/c12-8-1-5-6-3-14-4-7(6)11(16)15-10(5)2-9(8)13/h1-2,14H,3-4H2,(H,15,16). The predicted molar refractivity (Wildman–Crippen MR) is 65.1 cm³/mol. The fraction of sp³-hybridized carbons (Fsp3) is 0.182. The lowest BCUT2D eigenvalue weighted by Crippen LogP contribution is -2.13. The van der Waals surface area contributed by atoms with Crippen molar-refractivity contribution in [1.82, 2.24) is 10.3 Å². The molecule has 2 heterocycles. The summed E-state index contributed by atoms with van der Waals surface area (Å²) in [5.41, 5.74) is 2.51. The molecule has 0 fully saturated rings. The third kappa shape index (κ3) is 1.36. The smallest absolute Gasteiger partial charge is 0.253 e. The fourth-order valence-electron chi connectivity index (χ4n) is 2.10. The van der Waals surface area contributed by atoms with Crippen LogP contribution in [0.5, 0.6) is 0 Å². The molecule has 0 saturated heterocycles. The summed E-state index contributed by atoms with van der Waals surface area (Å²) >= 11 is 11.9. The molecular weight excluding hydrogens is 247 g/mol. The molecule has 3 rings (SSSR count). The maximum absolute atomic E-state index is 11.7. The monoisotopic (exact) mass is 254 g/mol. The van der Waals surface area contributed by atoms with E-state index in [4.69, 9.17) is 23.2 Å². The first-order valence-electron chi connectivity index (χ1n) is 4.90. The van der Waals surface area contributed by atoms with Crippen LogP contribution in [0, 0.1) is 0 Å². The van der Waals surface area contributed by atoms with Crippen molar-refractivity contribution in [1.29, 1.82) is 0 Å². The van der Waals surface area contributed by atoms with Crippen LogP contribution in [0.2, 0.25) is 10.0 Å². The van der Waals surface area contributed by atoms with Gasteiger partial charge in [0.25, 0.3) is 5.56 Å².